The second kappa shape index (κ2) is 4.77. The van der Waals surface area contributed by atoms with Crippen LogP contribution in [-0.4, -0.2) is 12.7 Å². The van der Waals surface area contributed by atoms with Crippen molar-refractivity contribution in [2.45, 2.75) is 4.90 Å². The Kier molecular flexibility index (Phi) is 4.16. The van der Waals surface area contributed by atoms with Crippen LogP contribution in [0, 0.1) is 3.57 Å². The predicted molar refractivity (Wildman–Crippen MR) is 71.1 cm³/mol. The SMILES string of the molecule is O=S(=O)(NC(=S)S)c1ccc(I)cc1. The number of halogens is 1. The lowest BCUT2D eigenvalue weighted by atomic mass is 10.4. The fourth-order valence-electron chi connectivity index (χ4n) is 0.788. The molecule has 1 rings (SSSR count). The smallest absolute Gasteiger partial charge is 0.262 e. The third-order valence-electron chi connectivity index (χ3n) is 1.35. The van der Waals surface area contributed by atoms with Gasteiger partial charge in [-0.2, -0.15) is 0 Å². The van der Waals surface area contributed by atoms with Crippen molar-refractivity contribution in [1.29, 1.82) is 0 Å². The largest absolute Gasteiger partial charge is 0.265 e. The fourth-order valence-corrected chi connectivity index (χ4v) is 2.68. The van der Waals surface area contributed by atoms with Gasteiger partial charge in [-0.05, 0) is 46.9 Å². The van der Waals surface area contributed by atoms with Gasteiger partial charge in [0.1, 0.15) is 4.32 Å². The quantitative estimate of drug-likeness (QED) is 0.481. The van der Waals surface area contributed by atoms with Gasteiger partial charge < -0.3 is 0 Å². The minimum absolute atomic E-state index is 0.0662. The number of hydrogen-bond acceptors (Lipinski definition) is 3. The number of thiocarbonyl (C=S) groups is 1. The normalized spacial score (nSPS) is 11.0. The predicted octanol–water partition coefficient (Wildman–Crippen LogP) is 1.78. The molecule has 76 valence electrons. The summed E-state index contributed by atoms with van der Waals surface area (Å²) in [4.78, 5) is 0.175. The summed E-state index contributed by atoms with van der Waals surface area (Å²) in [7, 11) is -3.55. The van der Waals surface area contributed by atoms with Gasteiger partial charge in [-0.1, -0.05) is 12.2 Å². The second-order valence-electron chi connectivity index (χ2n) is 2.36. The molecule has 3 nitrogen and oxygen atoms in total. The van der Waals surface area contributed by atoms with Crippen LogP contribution in [-0.2, 0) is 10.0 Å². The minimum Gasteiger partial charge on any atom is -0.265 e. The zero-order valence-corrected chi connectivity index (χ0v) is 11.5. The molecule has 0 aromatic heterocycles. The second-order valence-corrected chi connectivity index (χ2v) is 6.45. The molecule has 0 aliphatic carbocycles. The Morgan fingerprint density at radius 3 is 2.29 bits per heavy atom. The van der Waals surface area contributed by atoms with Gasteiger partial charge >= 0.3 is 0 Å². The highest BCUT2D eigenvalue weighted by atomic mass is 127. The van der Waals surface area contributed by atoms with Crippen LogP contribution < -0.4 is 4.72 Å². The summed E-state index contributed by atoms with van der Waals surface area (Å²) in [5.74, 6) is 0. The minimum atomic E-state index is -3.55. The molecular weight excluding hydrogens is 353 g/mol. The molecule has 0 aliphatic heterocycles. The molecule has 0 radical (unpaired) electrons. The van der Waals surface area contributed by atoms with Crippen molar-refractivity contribution >= 4 is 61.8 Å². The van der Waals surface area contributed by atoms with Crippen molar-refractivity contribution < 1.29 is 8.42 Å². The average molecular weight is 359 g/mol. The van der Waals surface area contributed by atoms with Gasteiger partial charge in [0.2, 0.25) is 0 Å². The Hall–Kier alpha value is 0.140. The maximum Gasteiger partial charge on any atom is 0.262 e. The Bertz CT molecular complexity index is 441. The van der Waals surface area contributed by atoms with E-state index in [0.29, 0.717) is 0 Å². The molecule has 0 amide bonds. The number of benzene rings is 1. The lowest BCUT2D eigenvalue weighted by Gasteiger charge is -2.04. The summed E-state index contributed by atoms with van der Waals surface area (Å²) < 4.78 is 26.0. The van der Waals surface area contributed by atoms with Gasteiger partial charge in [0.15, 0.2) is 0 Å². The molecule has 1 aromatic carbocycles. The summed E-state index contributed by atoms with van der Waals surface area (Å²) >= 11 is 10.3. The van der Waals surface area contributed by atoms with Crippen LogP contribution in [0.25, 0.3) is 0 Å². The lowest BCUT2D eigenvalue weighted by molar-refractivity contribution is 0.593. The highest BCUT2D eigenvalue weighted by Crippen LogP contribution is 2.11. The number of hydrogen-bond donors (Lipinski definition) is 2. The van der Waals surface area contributed by atoms with Gasteiger partial charge in [0.05, 0.1) is 4.90 Å². The summed E-state index contributed by atoms with van der Waals surface area (Å²) in [6, 6.07) is 6.43. The molecule has 0 fully saturated rings. The van der Waals surface area contributed by atoms with E-state index in [1.54, 1.807) is 12.1 Å². The molecule has 7 heteroatoms. The fraction of sp³-hybridized carbons (Fsp3) is 0. The summed E-state index contributed by atoms with van der Waals surface area (Å²) in [5.41, 5.74) is 0. The van der Waals surface area contributed by atoms with Gasteiger partial charge in [-0.3, -0.25) is 4.72 Å². The molecular formula is C7H6INO2S3. The van der Waals surface area contributed by atoms with Crippen molar-refractivity contribution in [2.75, 3.05) is 0 Å². The molecule has 0 heterocycles. The highest BCUT2D eigenvalue weighted by Gasteiger charge is 2.13. The maximum absolute atomic E-state index is 11.5. The molecule has 0 saturated carbocycles. The highest BCUT2D eigenvalue weighted by molar-refractivity contribution is 14.1. The first-order valence-electron chi connectivity index (χ1n) is 3.43. The van der Waals surface area contributed by atoms with Crippen molar-refractivity contribution in [3.63, 3.8) is 0 Å². The van der Waals surface area contributed by atoms with Crippen LogP contribution in [0.15, 0.2) is 29.2 Å². The number of nitrogens with one attached hydrogen (secondary N) is 1. The van der Waals surface area contributed by atoms with E-state index in [-0.39, 0.29) is 9.22 Å². The Morgan fingerprint density at radius 2 is 1.86 bits per heavy atom. The van der Waals surface area contributed by atoms with E-state index in [9.17, 15) is 8.42 Å². The molecule has 14 heavy (non-hydrogen) atoms. The molecule has 0 unspecified atom stereocenters. The Morgan fingerprint density at radius 1 is 1.36 bits per heavy atom. The van der Waals surface area contributed by atoms with Gasteiger partial charge in [-0.25, -0.2) is 8.42 Å². The van der Waals surface area contributed by atoms with E-state index < -0.39 is 10.0 Å². The van der Waals surface area contributed by atoms with E-state index >= 15 is 0 Å². The maximum atomic E-state index is 11.5. The van der Waals surface area contributed by atoms with Gasteiger partial charge in [0.25, 0.3) is 10.0 Å². The number of sulfonamides is 1. The molecule has 1 N–H and O–H groups in total. The van der Waals surface area contributed by atoms with E-state index in [4.69, 9.17) is 0 Å². The third kappa shape index (κ3) is 3.37. The Labute approximate surface area is 107 Å². The van der Waals surface area contributed by atoms with Crippen molar-refractivity contribution in [1.82, 2.24) is 4.72 Å². The monoisotopic (exact) mass is 359 g/mol. The summed E-state index contributed by atoms with van der Waals surface area (Å²) in [6.45, 7) is 0. The van der Waals surface area contributed by atoms with E-state index in [2.05, 4.69) is 52.2 Å². The zero-order valence-electron chi connectivity index (χ0n) is 6.77. The van der Waals surface area contributed by atoms with Crippen LogP contribution in [0.2, 0.25) is 0 Å². The van der Waals surface area contributed by atoms with Crippen LogP contribution in [0.5, 0.6) is 0 Å². The van der Waals surface area contributed by atoms with Crippen molar-refractivity contribution in [3.05, 3.63) is 27.8 Å². The van der Waals surface area contributed by atoms with E-state index in [1.807, 2.05) is 0 Å². The lowest BCUT2D eigenvalue weighted by Crippen LogP contribution is -2.25. The average Bonchev–Trinajstić information content (AvgIpc) is 2.02. The van der Waals surface area contributed by atoms with Crippen LogP contribution in [0.1, 0.15) is 0 Å². The number of thiol groups is 1. The van der Waals surface area contributed by atoms with E-state index in [1.165, 1.54) is 12.1 Å². The standard InChI is InChI=1S/C7H6INO2S3/c8-5-1-3-6(4-2-5)14(10,11)9-7(12)13/h1-4H,(H2,9,12,13). The van der Waals surface area contributed by atoms with Crippen LogP contribution >= 0.6 is 47.4 Å². The first kappa shape index (κ1) is 12.2. The first-order valence-corrected chi connectivity index (χ1v) is 6.85. The summed E-state index contributed by atoms with van der Waals surface area (Å²) in [6.07, 6.45) is 0. The molecule has 0 bridgehead atoms. The first-order chi connectivity index (χ1) is 6.42. The Balaban J connectivity index is 3.05. The number of rotatable bonds is 2. The van der Waals surface area contributed by atoms with Crippen molar-refractivity contribution in [3.8, 4) is 0 Å². The third-order valence-corrected chi connectivity index (χ3v) is 3.92. The molecule has 0 aliphatic rings. The molecule has 0 saturated heterocycles. The molecule has 1 aromatic rings. The van der Waals surface area contributed by atoms with Crippen molar-refractivity contribution in [2.24, 2.45) is 0 Å². The summed E-state index contributed by atoms with van der Waals surface area (Å²) in [5, 5.41) is 0. The van der Waals surface area contributed by atoms with Gasteiger partial charge in [0, 0.05) is 3.57 Å². The topological polar surface area (TPSA) is 46.2 Å². The molecule has 0 atom stereocenters. The van der Waals surface area contributed by atoms with Crippen LogP contribution in [0.3, 0.4) is 0 Å². The van der Waals surface area contributed by atoms with Gasteiger partial charge in [-0.15, -0.1) is 12.6 Å². The molecule has 0 spiro atoms. The zero-order chi connectivity index (χ0) is 10.8. The van der Waals surface area contributed by atoms with E-state index in [0.717, 1.165) is 3.57 Å². The van der Waals surface area contributed by atoms with Crippen LogP contribution in [0.4, 0.5) is 0 Å².